The number of fused-ring (bicyclic) bond motifs is 1. The van der Waals surface area contributed by atoms with Crippen LogP contribution in [0.3, 0.4) is 0 Å². The lowest BCUT2D eigenvalue weighted by atomic mass is 10.1. The Morgan fingerprint density at radius 3 is 2.29 bits per heavy atom. The molecular weight excluding hydrogens is 253 g/mol. The minimum atomic E-state index is 0.672. The molecule has 3 rings (SSSR count). The molecular formula is C14H9Cl2N. The fourth-order valence-corrected chi connectivity index (χ4v) is 2.65. The van der Waals surface area contributed by atoms with Gasteiger partial charge >= 0.3 is 0 Å². The Hall–Kier alpha value is -1.44. The quantitative estimate of drug-likeness (QED) is 0.624. The van der Waals surface area contributed by atoms with Gasteiger partial charge in [0.2, 0.25) is 0 Å². The van der Waals surface area contributed by atoms with Gasteiger partial charge in [-0.15, -0.1) is 0 Å². The second-order valence-corrected chi connectivity index (χ2v) is 4.63. The number of nitrogens with one attached hydrogen (secondary N) is 1. The van der Waals surface area contributed by atoms with E-state index in [9.17, 15) is 0 Å². The Kier molecular flexibility index (Phi) is 2.58. The maximum atomic E-state index is 6.38. The molecule has 0 fully saturated rings. The Morgan fingerprint density at radius 1 is 0.824 bits per heavy atom. The largest absolute Gasteiger partial charge is 0.353 e. The van der Waals surface area contributed by atoms with Crippen molar-refractivity contribution in [2.45, 2.75) is 0 Å². The molecule has 17 heavy (non-hydrogen) atoms. The molecule has 3 aromatic rings. The van der Waals surface area contributed by atoms with E-state index in [1.807, 2.05) is 48.5 Å². The summed E-state index contributed by atoms with van der Waals surface area (Å²) >= 11 is 12.5. The topological polar surface area (TPSA) is 15.8 Å². The van der Waals surface area contributed by atoms with E-state index in [1.54, 1.807) is 0 Å². The van der Waals surface area contributed by atoms with Crippen molar-refractivity contribution < 1.29 is 0 Å². The summed E-state index contributed by atoms with van der Waals surface area (Å²) in [5.41, 5.74) is 2.93. The highest BCUT2D eigenvalue weighted by Crippen LogP contribution is 2.37. The Labute approximate surface area is 109 Å². The minimum absolute atomic E-state index is 0.672. The molecule has 0 amide bonds. The van der Waals surface area contributed by atoms with Crippen molar-refractivity contribution in [3.63, 3.8) is 0 Å². The minimum Gasteiger partial charge on any atom is -0.353 e. The van der Waals surface area contributed by atoms with Crippen LogP contribution in [-0.2, 0) is 0 Å². The van der Waals surface area contributed by atoms with Crippen molar-refractivity contribution in [3.05, 3.63) is 58.6 Å². The molecule has 0 aliphatic carbocycles. The first-order valence-corrected chi connectivity index (χ1v) is 6.04. The van der Waals surface area contributed by atoms with Gasteiger partial charge in [-0.2, -0.15) is 0 Å². The number of hydrogen-bond acceptors (Lipinski definition) is 0. The molecule has 0 bridgehead atoms. The van der Waals surface area contributed by atoms with E-state index in [2.05, 4.69) is 4.98 Å². The van der Waals surface area contributed by atoms with Crippen LogP contribution in [0, 0.1) is 0 Å². The molecule has 0 unspecified atom stereocenters. The molecule has 2 aromatic carbocycles. The number of hydrogen-bond donors (Lipinski definition) is 1. The predicted octanol–water partition coefficient (Wildman–Crippen LogP) is 5.14. The van der Waals surface area contributed by atoms with Crippen molar-refractivity contribution in [2.24, 2.45) is 0 Å². The summed E-state index contributed by atoms with van der Waals surface area (Å²) in [5.74, 6) is 0. The van der Waals surface area contributed by atoms with E-state index in [0.29, 0.717) is 10.0 Å². The molecule has 0 spiro atoms. The Bertz CT molecular complexity index is 671. The second kappa shape index (κ2) is 4.10. The van der Waals surface area contributed by atoms with Crippen LogP contribution < -0.4 is 0 Å². The number of aromatic nitrogens is 1. The number of H-pyrrole nitrogens is 1. The molecule has 84 valence electrons. The van der Waals surface area contributed by atoms with Gasteiger partial charge in [0.15, 0.2) is 0 Å². The van der Waals surface area contributed by atoms with Gasteiger partial charge in [-0.05, 0) is 17.7 Å². The molecule has 1 nitrogen and oxygen atoms in total. The molecule has 1 N–H and O–H groups in total. The van der Waals surface area contributed by atoms with Crippen LogP contribution in [0.15, 0.2) is 48.5 Å². The van der Waals surface area contributed by atoms with E-state index in [4.69, 9.17) is 23.2 Å². The van der Waals surface area contributed by atoms with Crippen molar-refractivity contribution in [2.75, 3.05) is 0 Å². The van der Waals surface area contributed by atoms with Crippen LogP contribution in [-0.4, -0.2) is 4.98 Å². The van der Waals surface area contributed by atoms with Gasteiger partial charge in [-0.3, -0.25) is 0 Å². The SMILES string of the molecule is Clc1cccc2[nH]c(-c3ccccc3)c(Cl)c12. The number of halogens is 2. The summed E-state index contributed by atoms with van der Waals surface area (Å²) in [6.07, 6.45) is 0. The average Bonchev–Trinajstić information content (AvgIpc) is 2.69. The molecule has 0 radical (unpaired) electrons. The highest BCUT2D eigenvalue weighted by Gasteiger charge is 2.12. The van der Waals surface area contributed by atoms with Gasteiger partial charge in [0.25, 0.3) is 0 Å². The first kappa shape index (κ1) is 10.7. The van der Waals surface area contributed by atoms with E-state index < -0.39 is 0 Å². The van der Waals surface area contributed by atoms with E-state index in [-0.39, 0.29) is 0 Å². The van der Waals surface area contributed by atoms with Gasteiger partial charge < -0.3 is 4.98 Å². The van der Waals surface area contributed by atoms with Crippen LogP contribution in [0.25, 0.3) is 22.2 Å². The number of aromatic amines is 1. The number of rotatable bonds is 1. The molecule has 0 aliphatic heterocycles. The number of benzene rings is 2. The van der Waals surface area contributed by atoms with Crippen LogP contribution in [0.4, 0.5) is 0 Å². The van der Waals surface area contributed by atoms with Crippen LogP contribution in [0.1, 0.15) is 0 Å². The zero-order chi connectivity index (χ0) is 11.8. The van der Waals surface area contributed by atoms with Crippen molar-refractivity contribution >= 4 is 34.1 Å². The third kappa shape index (κ3) is 1.72. The second-order valence-electron chi connectivity index (χ2n) is 3.84. The van der Waals surface area contributed by atoms with Crippen LogP contribution >= 0.6 is 23.2 Å². The third-order valence-corrected chi connectivity index (χ3v) is 3.47. The smallest absolute Gasteiger partial charge is 0.0755 e. The standard InChI is InChI=1S/C14H9Cl2N/c15-10-7-4-8-11-12(10)13(16)14(17-11)9-5-2-1-3-6-9/h1-8,17H. The molecule has 0 atom stereocenters. The highest BCUT2D eigenvalue weighted by atomic mass is 35.5. The zero-order valence-electron chi connectivity index (χ0n) is 8.87. The lowest BCUT2D eigenvalue weighted by Gasteiger charge is -1.98. The molecule has 3 heteroatoms. The molecule has 0 saturated heterocycles. The predicted molar refractivity (Wildman–Crippen MR) is 73.8 cm³/mol. The third-order valence-electron chi connectivity index (χ3n) is 2.77. The lowest BCUT2D eigenvalue weighted by molar-refractivity contribution is 1.45. The fraction of sp³-hybridized carbons (Fsp3) is 0. The van der Waals surface area contributed by atoms with E-state index >= 15 is 0 Å². The summed E-state index contributed by atoms with van der Waals surface area (Å²) in [7, 11) is 0. The highest BCUT2D eigenvalue weighted by molar-refractivity contribution is 6.44. The van der Waals surface area contributed by atoms with Crippen LogP contribution in [0.2, 0.25) is 10.0 Å². The molecule has 1 heterocycles. The summed E-state index contributed by atoms with van der Waals surface area (Å²) in [6.45, 7) is 0. The zero-order valence-corrected chi connectivity index (χ0v) is 10.4. The summed E-state index contributed by atoms with van der Waals surface area (Å²) in [4.78, 5) is 3.30. The van der Waals surface area contributed by atoms with Crippen molar-refractivity contribution in [1.82, 2.24) is 4.98 Å². The fourth-order valence-electron chi connectivity index (χ4n) is 1.97. The van der Waals surface area contributed by atoms with E-state index in [1.165, 1.54) is 0 Å². The van der Waals surface area contributed by atoms with Crippen LogP contribution in [0.5, 0.6) is 0 Å². The van der Waals surface area contributed by atoms with Crippen molar-refractivity contribution in [1.29, 1.82) is 0 Å². The van der Waals surface area contributed by atoms with Gasteiger partial charge in [-0.1, -0.05) is 59.6 Å². The van der Waals surface area contributed by atoms with E-state index in [0.717, 1.165) is 22.2 Å². The molecule has 0 saturated carbocycles. The van der Waals surface area contributed by atoms with Crippen molar-refractivity contribution in [3.8, 4) is 11.3 Å². The summed E-state index contributed by atoms with van der Waals surface area (Å²) in [6, 6.07) is 15.7. The summed E-state index contributed by atoms with van der Waals surface area (Å²) in [5, 5.41) is 2.23. The van der Waals surface area contributed by atoms with Gasteiger partial charge in [0.05, 0.1) is 15.7 Å². The summed E-state index contributed by atoms with van der Waals surface area (Å²) < 4.78 is 0. The average molecular weight is 262 g/mol. The van der Waals surface area contributed by atoms with Gasteiger partial charge in [-0.25, -0.2) is 0 Å². The Morgan fingerprint density at radius 2 is 1.59 bits per heavy atom. The maximum Gasteiger partial charge on any atom is 0.0755 e. The Balaban J connectivity index is 2.33. The maximum absolute atomic E-state index is 6.38. The first-order chi connectivity index (χ1) is 8.27. The lowest BCUT2D eigenvalue weighted by Crippen LogP contribution is -1.76. The normalized spacial score (nSPS) is 10.9. The van der Waals surface area contributed by atoms with Gasteiger partial charge in [0, 0.05) is 10.9 Å². The van der Waals surface area contributed by atoms with Gasteiger partial charge in [0.1, 0.15) is 0 Å². The molecule has 0 aliphatic rings. The first-order valence-electron chi connectivity index (χ1n) is 5.28. The molecule has 1 aromatic heterocycles. The monoisotopic (exact) mass is 261 g/mol.